The highest BCUT2D eigenvalue weighted by Gasteiger charge is 2.27. The Balaban J connectivity index is 0.00000133. The van der Waals surface area contributed by atoms with Crippen LogP contribution in [0.2, 0.25) is 0 Å². The zero-order chi connectivity index (χ0) is 12.8. The van der Waals surface area contributed by atoms with Crippen LogP contribution in [0.5, 0.6) is 0 Å². The average molecular weight is 282 g/mol. The van der Waals surface area contributed by atoms with E-state index in [2.05, 4.69) is 24.1 Å². The highest BCUT2D eigenvalue weighted by Crippen LogP contribution is 2.27. The van der Waals surface area contributed by atoms with Crippen LogP contribution < -0.4 is 23.0 Å². The van der Waals surface area contributed by atoms with E-state index in [-0.39, 0.29) is 12.4 Å². The van der Waals surface area contributed by atoms with Crippen molar-refractivity contribution in [3.63, 3.8) is 0 Å². The number of pyridine rings is 1. The second kappa shape index (κ2) is 4.90. The molecule has 1 aliphatic heterocycles. The van der Waals surface area contributed by atoms with Gasteiger partial charge in [-0.25, -0.2) is 4.52 Å². The van der Waals surface area contributed by atoms with Crippen molar-refractivity contribution in [1.29, 1.82) is 0 Å². The van der Waals surface area contributed by atoms with Gasteiger partial charge in [-0.15, -0.1) is 5.10 Å². The van der Waals surface area contributed by atoms with E-state index in [0.29, 0.717) is 0 Å². The van der Waals surface area contributed by atoms with Gasteiger partial charge in [0, 0.05) is 6.20 Å². The molecule has 0 amide bonds. The normalized spacial score (nSPS) is 18.3. The molecule has 0 bridgehead atoms. The number of nitrogen functional groups attached to an aromatic ring is 1. The van der Waals surface area contributed by atoms with Crippen LogP contribution in [0, 0.1) is 0 Å². The summed E-state index contributed by atoms with van der Waals surface area (Å²) in [5.74, 6) is 0.931. The molecule has 0 atom stereocenters. The van der Waals surface area contributed by atoms with Crippen molar-refractivity contribution >= 4 is 17.0 Å². The van der Waals surface area contributed by atoms with Crippen LogP contribution in [-0.2, 0) is 0 Å². The molecule has 0 aromatic carbocycles. The van der Waals surface area contributed by atoms with Crippen molar-refractivity contribution < 1.29 is 16.9 Å². The molecule has 3 rings (SSSR count). The van der Waals surface area contributed by atoms with E-state index in [4.69, 9.17) is 5.73 Å². The lowest BCUT2D eigenvalue weighted by atomic mass is 10.2. The van der Waals surface area contributed by atoms with E-state index in [0.717, 1.165) is 47.7 Å². The Morgan fingerprint density at radius 1 is 1.21 bits per heavy atom. The molecule has 5 nitrogen and oxygen atoms in total. The van der Waals surface area contributed by atoms with Crippen LogP contribution >= 0.6 is 0 Å². The van der Waals surface area contributed by atoms with Gasteiger partial charge in [-0.3, -0.25) is 0 Å². The first-order valence-electron chi connectivity index (χ1n) is 6.37. The van der Waals surface area contributed by atoms with Crippen molar-refractivity contribution in [2.45, 2.75) is 0 Å². The first-order valence-corrected chi connectivity index (χ1v) is 6.37. The van der Waals surface area contributed by atoms with Crippen LogP contribution in [-0.4, -0.2) is 54.4 Å². The number of quaternary nitrogens is 1. The van der Waals surface area contributed by atoms with E-state index in [1.54, 1.807) is 0 Å². The van der Waals surface area contributed by atoms with Gasteiger partial charge in [-0.1, -0.05) is 6.07 Å². The Labute approximate surface area is 119 Å². The van der Waals surface area contributed by atoms with Crippen LogP contribution in [0.25, 0.3) is 5.52 Å². The lowest BCUT2D eigenvalue weighted by Crippen LogP contribution is -3.00. The van der Waals surface area contributed by atoms with Gasteiger partial charge in [0.1, 0.15) is 5.69 Å². The number of anilines is 2. The number of halogens is 1. The molecule has 2 N–H and O–H groups in total. The second-order valence-electron chi connectivity index (χ2n) is 5.64. The van der Waals surface area contributed by atoms with Crippen molar-refractivity contribution in [2.24, 2.45) is 0 Å². The Hall–Kier alpha value is -1.46. The Bertz CT molecular complexity index is 567. The molecule has 0 aliphatic carbocycles. The lowest BCUT2D eigenvalue weighted by molar-refractivity contribution is -0.890. The minimum absolute atomic E-state index is 0. The molecule has 1 aliphatic rings. The summed E-state index contributed by atoms with van der Waals surface area (Å²) >= 11 is 0. The molecule has 6 heteroatoms. The molecule has 19 heavy (non-hydrogen) atoms. The molecule has 0 radical (unpaired) electrons. The number of nitrogens with zero attached hydrogens (tertiary/aromatic N) is 4. The van der Waals surface area contributed by atoms with Gasteiger partial charge in [-0.2, -0.15) is 0 Å². The molecule has 0 saturated carbocycles. The summed E-state index contributed by atoms with van der Waals surface area (Å²) in [6.45, 7) is 4.29. The maximum atomic E-state index is 6.21. The first kappa shape index (κ1) is 14.0. The van der Waals surface area contributed by atoms with E-state index < -0.39 is 0 Å². The van der Waals surface area contributed by atoms with Crippen molar-refractivity contribution in [2.75, 3.05) is 50.9 Å². The summed E-state index contributed by atoms with van der Waals surface area (Å²) in [7, 11) is 4.54. The summed E-state index contributed by atoms with van der Waals surface area (Å²) in [6, 6.07) is 5.97. The monoisotopic (exact) mass is 281 g/mol. The summed E-state index contributed by atoms with van der Waals surface area (Å²) in [5, 5.41) is 4.59. The molecular formula is C13H20ClN5. The summed E-state index contributed by atoms with van der Waals surface area (Å²) < 4.78 is 2.93. The van der Waals surface area contributed by atoms with Gasteiger partial charge in [0.05, 0.1) is 45.8 Å². The van der Waals surface area contributed by atoms with E-state index >= 15 is 0 Å². The number of fused-ring (bicyclic) bond motifs is 1. The van der Waals surface area contributed by atoms with Crippen LogP contribution in [0.15, 0.2) is 24.4 Å². The number of aromatic nitrogens is 2. The summed E-state index contributed by atoms with van der Waals surface area (Å²) in [4.78, 5) is 2.30. The largest absolute Gasteiger partial charge is 1.00 e. The maximum absolute atomic E-state index is 6.21. The summed E-state index contributed by atoms with van der Waals surface area (Å²) in [6.07, 6.45) is 1.94. The average Bonchev–Trinajstić information content (AvgIpc) is 2.68. The lowest BCUT2D eigenvalue weighted by Gasteiger charge is -2.39. The topological polar surface area (TPSA) is 46.6 Å². The standard InChI is InChI=1S/C13H20N5.ClH/c1-18(2)9-7-16(8-10-18)13-12(14)11-5-3-4-6-17(11)15-13;/h3-6H,7-10,14H2,1-2H3;1H/q+1;/p-1. The van der Waals surface area contributed by atoms with Crippen molar-refractivity contribution in [1.82, 2.24) is 9.61 Å². The number of rotatable bonds is 1. The van der Waals surface area contributed by atoms with Crippen molar-refractivity contribution in [3.05, 3.63) is 24.4 Å². The third-order valence-electron chi connectivity index (χ3n) is 3.81. The molecule has 2 aromatic heterocycles. The van der Waals surface area contributed by atoms with Gasteiger partial charge in [0.15, 0.2) is 5.82 Å². The number of piperazine rings is 1. The highest BCUT2D eigenvalue weighted by atomic mass is 35.5. The zero-order valence-corrected chi connectivity index (χ0v) is 12.1. The number of hydrogen-bond acceptors (Lipinski definition) is 3. The fraction of sp³-hybridized carbons (Fsp3) is 0.462. The fourth-order valence-electron chi connectivity index (χ4n) is 2.46. The van der Waals surface area contributed by atoms with E-state index in [9.17, 15) is 0 Å². The van der Waals surface area contributed by atoms with Gasteiger partial charge < -0.3 is 27.5 Å². The van der Waals surface area contributed by atoms with Gasteiger partial charge in [-0.05, 0) is 12.1 Å². The van der Waals surface area contributed by atoms with Crippen molar-refractivity contribution in [3.8, 4) is 0 Å². The zero-order valence-electron chi connectivity index (χ0n) is 11.4. The Kier molecular flexibility index (Phi) is 3.60. The number of hydrogen-bond donors (Lipinski definition) is 1. The SMILES string of the molecule is C[N+]1(C)CCN(c2nn3ccccc3c2N)CC1.[Cl-]. The maximum Gasteiger partial charge on any atom is 0.175 e. The Morgan fingerprint density at radius 2 is 1.89 bits per heavy atom. The smallest absolute Gasteiger partial charge is 0.175 e. The molecule has 3 heterocycles. The van der Waals surface area contributed by atoms with Gasteiger partial charge in [0.2, 0.25) is 0 Å². The predicted octanol–water partition coefficient (Wildman–Crippen LogP) is -2.18. The molecule has 1 fully saturated rings. The number of nitrogens with two attached hydrogens (primary N) is 1. The molecule has 104 valence electrons. The quantitative estimate of drug-likeness (QED) is 0.605. The minimum atomic E-state index is 0. The van der Waals surface area contributed by atoms with Gasteiger partial charge in [0.25, 0.3) is 0 Å². The minimum Gasteiger partial charge on any atom is -1.00 e. The predicted molar refractivity (Wildman–Crippen MR) is 73.7 cm³/mol. The summed E-state index contributed by atoms with van der Waals surface area (Å²) in [5.41, 5.74) is 7.99. The number of likely N-dealkylation sites (N-methyl/N-ethyl adjacent to an activating group) is 1. The third kappa shape index (κ3) is 2.48. The third-order valence-corrected chi connectivity index (χ3v) is 3.81. The van der Waals surface area contributed by atoms with E-state index in [1.807, 2.05) is 28.9 Å². The molecular weight excluding hydrogens is 262 g/mol. The van der Waals surface area contributed by atoms with Crippen LogP contribution in [0.3, 0.4) is 0 Å². The second-order valence-corrected chi connectivity index (χ2v) is 5.64. The van der Waals surface area contributed by atoms with Crippen LogP contribution in [0.1, 0.15) is 0 Å². The molecule has 1 saturated heterocycles. The van der Waals surface area contributed by atoms with Crippen LogP contribution in [0.4, 0.5) is 11.5 Å². The highest BCUT2D eigenvalue weighted by molar-refractivity contribution is 5.81. The van der Waals surface area contributed by atoms with Gasteiger partial charge >= 0.3 is 0 Å². The molecule has 0 spiro atoms. The van der Waals surface area contributed by atoms with E-state index in [1.165, 1.54) is 0 Å². The molecule has 0 unspecified atom stereocenters. The Morgan fingerprint density at radius 3 is 2.53 bits per heavy atom. The first-order chi connectivity index (χ1) is 8.57. The molecule has 2 aromatic rings. The fourth-order valence-corrected chi connectivity index (χ4v) is 2.46.